The second kappa shape index (κ2) is 23.5. The van der Waals surface area contributed by atoms with Crippen molar-refractivity contribution in [1.29, 1.82) is 0 Å². The fourth-order valence-electron chi connectivity index (χ4n) is 6.59. The van der Waals surface area contributed by atoms with E-state index in [1.807, 2.05) is 49.4 Å². The minimum atomic E-state index is -1.40. The lowest BCUT2D eigenvalue weighted by molar-refractivity contribution is -0.140. The largest absolute Gasteiger partial charge is 0.391 e. The topological polar surface area (TPSA) is 216 Å². The lowest BCUT2D eigenvalue weighted by Crippen LogP contribution is -2.51. The second-order valence-corrected chi connectivity index (χ2v) is 15.6. The normalized spacial score (nSPS) is 14.8. The van der Waals surface area contributed by atoms with Gasteiger partial charge in [-0.1, -0.05) is 99.1 Å². The summed E-state index contributed by atoms with van der Waals surface area (Å²) in [6, 6.07) is 21.1. The molecule has 7 N–H and O–H groups in total. The van der Waals surface area contributed by atoms with Crippen molar-refractivity contribution in [3.05, 3.63) is 95.0 Å². The number of Topliss-reactive ketones (excluding diaryl/α,β-unsaturated/α-hetero) is 5. The molecule has 0 saturated carbocycles. The Bertz CT molecular complexity index is 1870. The molecular weight excluding hydrogens is 760 g/mol. The van der Waals surface area contributed by atoms with E-state index in [9.17, 15) is 38.7 Å². The van der Waals surface area contributed by atoms with Gasteiger partial charge in [0.15, 0.2) is 23.1 Å². The Hall–Kier alpha value is -4.88. The van der Waals surface area contributed by atoms with Crippen molar-refractivity contribution in [2.24, 2.45) is 29.2 Å². The van der Waals surface area contributed by atoms with E-state index in [0.29, 0.717) is 30.0 Å². The van der Waals surface area contributed by atoms with E-state index >= 15 is 0 Å². The first kappa shape index (κ1) is 47.5. The first-order chi connectivity index (χ1) is 27.6. The van der Waals surface area contributed by atoms with Crippen LogP contribution in [0.15, 0.2) is 78.9 Å². The molecule has 12 nitrogen and oxygen atoms in total. The van der Waals surface area contributed by atoms with Gasteiger partial charge in [0, 0.05) is 54.6 Å². The summed E-state index contributed by atoms with van der Waals surface area (Å²) in [4.78, 5) is 92.6. The molecule has 0 bridgehead atoms. The molecule has 7 atom stereocenters. The molecule has 13 heteroatoms. The van der Waals surface area contributed by atoms with Crippen LogP contribution in [0.1, 0.15) is 94.5 Å². The summed E-state index contributed by atoms with van der Waals surface area (Å²) in [7, 11) is 0. The quantitative estimate of drug-likeness (QED) is 0.0430. The van der Waals surface area contributed by atoms with E-state index in [1.165, 1.54) is 20.8 Å². The van der Waals surface area contributed by atoms with Crippen LogP contribution >= 0.6 is 11.6 Å². The van der Waals surface area contributed by atoms with Crippen molar-refractivity contribution in [3.8, 4) is 11.1 Å². The smallest absolute Gasteiger partial charge is 0.225 e. The minimum absolute atomic E-state index is 0.00331. The van der Waals surface area contributed by atoms with Crippen molar-refractivity contribution in [2.45, 2.75) is 96.7 Å². The van der Waals surface area contributed by atoms with Gasteiger partial charge in [0.05, 0.1) is 18.1 Å². The molecule has 0 fully saturated rings. The highest BCUT2D eigenvalue weighted by molar-refractivity contribution is 6.38. The molecule has 3 aromatic carbocycles. The average Bonchev–Trinajstić information content (AvgIpc) is 3.21. The second-order valence-electron chi connectivity index (χ2n) is 15.2. The maximum Gasteiger partial charge on any atom is 0.225 e. The zero-order chi connectivity index (χ0) is 42.9. The van der Waals surface area contributed by atoms with Gasteiger partial charge >= 0.3 is 0 Å². The van der Waals surface area contributed by atoms with Crippen LogP contribution in [0, 0.1) is 17.8 Å². The molecule has 0 spiro atoms. The van der Waals surface area contributed by atoms with E-state index < -0.39 is 70.9 Å². The van der Waals surface area contributed by atoms with Crippen molar-refractivity contribution >= 4 is 52.3 Å². The highest BCUT2D eigenvalue weighted by Crippen LogP contribution is 2.24. The van der Waals surface area contributed by atoms with Crippen LogP contribution in [0.4, 0.5) is 0 Å². The van der Waals surface area contributed by atoms with Crippen LogP contribution in [-0.4, -0.2) is 77.1 Å². The van der Waals surface area contributed by atoms with Crippen molar-refractivity contribution in [2.75, 3.05) is 13.1 Å². The number of rotatable bonds is 25. The van der Waals surface area contributed by atoms with Gasteiger partial charge in [-0.15, -0.1) is 0 Å². The molecule has 58 heavy (non-hydrogen) atoms. The fourth-order valence-corrected chi connectivity index (χ4v) is 6.71. The highest BCUT2D eigenvalue weighted by Gasteiger charge is 2.33. The molecule has 312 valence electrons. The van der Waals surface area contributed by atoms with Gasteiger partial charge in [-0.3, -0.25) is 33.6 Å². The van der Waals surface area contributed by atoms with Gasteiger partial charge in [0.2, 0.25) is 17.6 Å². The Balaban J connectivity index is 1.59. The number of hydrogen-bond donors (Lipinski definition) is 5. The summed E-state index contributed by atoms with van der Waals surface area (Å²) in [6.45, 7) is 6.33. The van der Waals surface area contributed by atoms with Gasteiger partial charge in [-0.25, -0.2) is 0 Å². The number of nitrogens with one attached hydrogen (secondary N) is 2. The van der Waals surface area contributed by atoms with Gasteiger partial charge in [0.25, 0.3) is 0 Å². The zero-order valence-corrected chi connectivity index (χ0v) is 34.5. The standard InChI is InChI=1S/C45H57ClN4O8/c1-27(31-10-6-5-7-11-31)22-41(55)43(56)28(2)23-39(53)37(12-8-9-21-47)49-44(57)29(3)24-40(54)42(30(4)51)50-45(58)35(26-48)25-38(52)34-15-13-32(14-16-34)33-17-19-36(46)20-18-33/h5-7,10-11,13-20,27-30,35,37,42,51H,8-9,12,21-26,47-48H2,1-4H3,(H,49,57)(H,50,58)/t27-,28-,29-,30-,35+,37+,42+/m1/s1. The molecule has 0 aliphatic carbocycles. The van der Waals surface area contributed by atoms with Crippen LogP contribution in [-0.2, 0) is 28.8 Å². The van der Waals surface area contributed by atoms with E-state index in [1.54, 1.807) is 36.4 Å². The third-order valence-electron chi connectivity index (χ3n) is 10.3. The predicted octanol–water partition coefficient (Wildman–Crippen LogP) is 5.16. The van der Waals surface area contributed by atoms with Gasteiger partial charge in [0.1, 0.15) is 6.04 Å². The van der Waals surface area contributed by atoms with Crippen molar-refractivity contribution in [3.63, 3.8) is 0 Å². The average molecular weight is 817 g/mol. The van der Waals surface area contributed by atoms with Crippen molar-refractivity contribution < 1.29 is 38.7 Å². The number of hydrogen-bond acceptors (Lipinski definition) is 10. The molecule has 0 radical (unpaired) electrons. The van der Waals surface area contributed by atoms with Crippen LogP contribution in [0.5, 0.6) is 0 Å². The Labute approximate surface area is 345 Å². The molecule has 0 unspecified atom stereocenters. The molecule has 0 aromatic heterocycles. The number of amides is 2. The molecule has 0 aliphatic rings. The van der Waals surface area contributed by atoms with Crippen molar-refractivity contribution in [1.82, 2.24) is 10.6 Å². The number of benzene rings is 3. The fraction of sp³-hybridized carbons (Fsp3) is 0.444. The maximum absolute atomic E-state index is 13.5. The van der Waals surface area contributed by atoms with E-state index in [0.717, 1.165) is 16.7 Å². The molecule has 0 aliphatic heterocycles. The minimum Gasteiger partial charge on any atom is -0.391 e. The molecule has 3 rings (SSSR count). The molecule has 0 saturated heterocycles. The molecular formula is C45H57ClN4O8. The lowest BCUT2D eigenvalue weighted by Gasteiger charge is -2.25. The van der Waals surface area contributed by atoms with Crippen LogP contribution < -0.4 is 22.1 Å². The summed E-state index contributed by atoms with van der Waals surface area (Å²) in [5, 5.41) is 16.3. The number of halogens is 1. The SMILES string of the molecule is C[C@H](CC(=O)[C@@H](NC(=O)[C@H](CN)CC(=O)c1ccc(-c2ccc(Cl)cc2)cc1)[C@@H](C)O)C(=O)N[C@@H](CCCCN)C(=O)C[C@@H](C)C(=O)C(=O)C[C@@H](C)c1ccccc1. The van der Waals surface area contributed by atoms with E-state index in [-0.39, 0.29) is 50.4 Å². The number of carbonyl (C=O) groups is 7. The maximum atomic E-state index is 13.5. The first-order valence-electron chi connectivity index (χ1n) is 19.8. The van der Waals surface area contributed by atoms with E-state index in [2.05, 4.69) is 10.6 Å². The van der Waals surface area contributed by atoms with Gasteiger partial charge < -0.3 is 27.2 Å². The first-order valence-corrected chi connectivity index (χ1v) is 20.2. The van der Waals surface area contributed by atoms with Gasteiger partial charge in [-0.2, -0.15) is 0 Å². The monoisotopic (exact) mass is 816 g/mol. The third-order valence-corrected chi connectivity index (χ3v) is 10.5. The number of ketones is 5. The summed E-state index contributed by atoms with van der Waals surface area (Å²) in [5.74, 6) is -7.01. The zero-order valence-electron chi connectivity index (χ0n) is 33.7. The number of carbonyl (C=O) groups excluding carboxylic acids is 7. The number of unbranched alkanes of at least 4 members (excludes halogenated alkanes) is 1. The number of aliphatic hydroxyl groups excluding tert-OH is 1. The third kappa shape index (κ3) is 14.5. The Morgan fingerprint density at radius 3 is 1.83 bits per heavy atom. The Morgan fingerprint density at radius 2 is 1.26 bits per heavy atom. The number of nitrogens with two attached hydrogens (primary N) is 2. The summed E-state index contributed by atoms with van der Waals surface area (Å²) < 4.78 is 0. The highest BCUT2D eigenvalue weighted by atomic mass is 35.5. The van der Waals surface area contributed by atoms with Gasteiger partial charge in [-0.05, 0) is 67.5 Å². The summed E-state index contributed by atoms with van der Waals surface area (Å²) >= 11 is 5.98. The molecule has 2 amide bonds. The van der Waals surface area contributed by atoms with E-state index in [4.69, 9.17) is 23.1 Å². The van der Waals surface area contributed by atoms with Crippen LogP contribution in [0.3, 0.4) is 0 Å². The predicted molar refractivity (Wildman–Crippen MR) is 224 cm³/mol. The lowest BCUT2D eigenvalue weighted by atomic mass is 9.88. The Kier molecular flexibility index (Phi) is 19.2. The Morgan fingerprint density at radius 1 is 0.672 bits per heavy atom. The molecule has 3 aromatic rings. The molecule has 0 heterocycles. The van der Waals surface area contributed by atoms with Crippen LogP contribution in [0.2, 0.25) is 5.02 Å². The number of aliphatic hydroxyl groups is 1. The van der Waals surface area contributed by atoms with Crippen LogP contribution in [0.25, 0.3) is 11.1 Å². The summed E-state index contributed by atoms with van der Waals surface area (Å²) in [6.07, 6.45) is -0.909. The summed E-state index contributed by atoms with van der Waals surface area (Å²) in [5.41, 5.74) is 14.6.